The molecule has 1 atom stereocenters. The van der Waals surface area contributed by atoms with Crippen molar-refractivity contribution in [2.24, 2.45) is 0 Å². The van der Waals surface area contributed by atoms with Gasteiger partial charge in [0.25, 0.3) is 13.0 Å². The number of rotatable bonds is 13. The Balaban J connectivity index is 1.02. The van der Waals surface area contributed by atoms with Crippen molar-refractivity contribution in [3.8, 4) is 11.8 Å². The first-order chi connectivity index (χ1) is 24.8. The average Bonchev–Trinajstić information content (AvgIpc) is 3.36. The van der Waals surface area contributed by atoms with Crippen LogP contribution in [0.25, 0.3) is 4.85 Å². The van der Waals surface area contributed by atoms with Crippen LogP contribution in [0, 0.1) is 11.9 Å². The smallest absolute Gasteiger partial charge is 0.310 e. The van der Waals surface area contributed by atoms with Gasteiger partial charge in [0.15, 0.2) is 0 Å². The molecule has 2 radical (unpaired) electrons. The molecule has 3 aliphatic heterocycles. The van der Waals surface area contributed by atoms with Crippen molar-refractivity contribution < 1.29 is 28.2 Å². The average molecular weight is 712 g/mol. The number of ether oxygens (including phenoxy) is 2. The highest BCUT2D eigenvalue weighted by Crippen LogP contribution is 2.33. The van der Waals surface area contributed by atoms with Gasteiger partial charge in [0.1, 0.15) is 23.7 Å². The molecule has 266 valence electrons. The van der Waals surface area contributed by atoms with Crippen LogP contribution in [0.3, 0.4) is 0 Å². The number of amides is 3. The maximum atomic E-state index is 15.4. The molecule has 51 heavy (non-hydrogen) atoms. The molecule has 0 bridgehead atoms. The van der Waals surface area contributed by atoms with Crippen LogP contribution in [0.15, 0.2) is 54.6 Å². The Morgan fingerprint density at radius 2 is 1.88 bits per heavy atom. The van der Waals surface area contributed by atoms with Crippen LogP contribution < -0.4 is 20.3 Å². The fraction of sp³-hybridized carbons (Fsp3) is 0.421. The van der Waals surface area contributed by atoms with E-state index in [9.17, 15) is 14.4 Å². The van der Waals surface area contributed by atoms with Crippen LogP contribution in [0.5, 0.6) is 5.75 Å². The van der Waals surface area contributed by atoms with Crippen LogP contribution in [-0.2, 0) is 40.4 Å². The lowest BCUT2D eigenvalue weighted by Gasteiger charge is -2.36. The topological polar surface area (TPSA) is 108 Å². The maximum absolute atomic E-state index is 15.4. The molecule has 3 aliphatic rings. The summed E-state index contributed by atoms with van der Waals surface area (Å²) in [6.07, 6.45) is 1.06. The summed E-state index contributed by atoms with van der Waals surface area (Å²) in [6.45, 7) is 6.41. The normalized spacial score (nSPS) is 17.9. The summed E-state index contributed by atoms with van der Waals surface area (Å²) in [5.41, 5.74) is 5.08. The summed E-state index contributed by atoms with van der Waals surface area (Å²) in [5.74, 6) is -0.882. The molecule has 6 rings (SSSR count). The van der Waals surface area contributed by atoms with E-state index in [0.717, 1.165) is 50.3 Å². The molecule has 2 fully saturated rings. The Hall–Kier alpha value is -4.61. The van der Waals surface area contributed by atoms with E-state index >= 15 is 4.39 Å². The van der Waals surface area contributed by atoms with Crippen LogP contribution in [-0.4, -0.2) is 103 Å². The van der Waals surface area contributed by atoms with E-state index in [1.807, 2.05) is 13.1 Å². The molecule has 2 N–H and O–H groups in total. The summed E-state index contributed by atoms with van der Waals surface area (Å²) in [6, 6.07) is 20.6. The van der Waals surface area contributed by atoms with Crippen molar-refractivity contribution in [2.45, 2.75) is 44.2 Å². The lowest BCUT2D eigenvalue weighted by molar-refractivity contribution is -0.131. The monoisotopic (exact) mass is 711 g/mol. The first-order valence-corrected chi connectivity index (χ1v) is 18.7. The van der Waals surface area contributed by atoms with Crippen molar-refractivity contribution >= 4 is 32.9 Å². The van der Waals surface area contributed by atoms with Gasteiger partial charge in [0, 0.05) is 68.1 Å². The number of likely N-dealkylation sites (N-methyl/N-ethyl adjacent to an activating group) is 1. The third-order valence-electron chi connectivity index (χ3n) is 9.44. The number of hydrogen-bond acceptors (Lipinski definition) is 8. The number of nitrogens with one attached hydrogen (secondary N) is 2. The molecule has 0 spiro atoms. The first-order valence-electron chi connectivity index (χ1n) is 17.4. The van der Waals surface area contributed by atoms with Gasteiger partial charge in [-0.3, -0.25) is 24.6 Å². The van der Waals surface area contributed by atoms with Crippen molar-refractivity contribution in [3.63, 3.8) is 0 Å². The molecule has 0 aromatic heterocycles. The summed E-state index contributed by atoms with van der Waals surface area (Å²) >= 11 is 0. The molecular weight excluding hydrogens is 668 g/mol. The van der Waals surface area contributed by atoms with Gasteiger partial charge < -0.3 is 24.6 Å². The molecule has 0 saturated carbocycles. The lowest BCUT2D eigenvalue weighted by atomic mass is 10.0. The highest BCUT2D eigenvalue weighted by atomic mass is 28.2. The third kappa shape index (κ3) is 8.83. The standard InChI is InChI=1S/C38H43FN6O5Si/c1-40-12-18-49-17-10-27-21-30(9-8-28(27)22-41-2)44-15-13-43(14-16-44)23-26-6-7-29(33(39)20-26)25-50-34-5-3-4-31-32(34)24-45(37(31)48)38-36(47)42-35(46)11-19-51-38/h3-9,20-21,38,40H,10-19,23-25H2,1-2H3/p+1/t38-/m0/s1. The number of piperazine rings is 1. The number of carbonyl (C=O) groups is 3. The minimum absolute atomic E-state index is 0.000316. The summed E-state index contributed by atoms with van der Waals surface area (Å²) in [5, 5.41) is 5.48. The Morgan fingerprint density at radius 1 is 1.04 bits per heavy atom. The van der Waals surface area contributed by atoms with Crippen LogP contribution in [0.4, 0.5) is 10.1 Å². The first kappa shape index (κ1) is 36.2. The van der Waals surface area contributed by atoms with E-state index in [4.69, 9.17) is 9.47 Å². The van der Waals surface area contributed by atoms with Crippen molar-refractivity contribution in [2.75, 3.05) is 64.9 Å². The van der Waals surface area contributed by atoms with Gasteiger partial charge in [0.2, 0.25) is 11.8 Å². The van der Waals surface area contributed by atoms with Gasteiger partial charge in [-0.2, -0.15) is 0 Å². The molecule has 3 amide bonds. The van der Waals surface area contributed by atoms with Gasteiger partial charge >= 0.3 is 6.07 Å². The number of benzene rings is 3. The molecule has 2 saturated heterocycles. The predicted molar refractivity (Wildman–Crippen MR) is 194 cm³/mol. The van der Waals surface area contributed by atoms with Crippen LogP contribution in [0.1, 0.15) is 44.6 Å². The zero-order chi connectivity index (χ0) is 35.7. The number of fused-ring (bicyclic) bond motifs is 1. The van der Waals surface area contributed by atoms with Crippen molar-refractivity contribution in [1.29, 1.82) is 0 Å². The number of carbonyl (C=O) groups excluding carboxylic acids is 3. The SMILES string of the molecule is C[N+]#Cc1ccc(N2CCN(Cc3ccc(COc4cccc5c4CN([C@H]4[Si]CCC(=O)NC4=O)C5=O)c(F)c3)CC2)cc1CCOCCNC. The van der Waals surface area contributed by atoms with E-state index in [1.165, 1.54) is 16.2 Å². The van der Waals surface area contributed by atoms with E-state index in [0.29, 0.717) is 48.2 Å². The van der Waals surface area contributed by atoms with E-state index in [-0.39, 0.29) is 46.7 Å². The molecular formula is C38H44FN6O5Si+. The fourth-order valence-corrected chi connectivity index (χ4v) is 7.99. The van der Waals surface area contributed by atoms with Crippen LogP contribution >= 0.6 is 0 Å². The predicted octanol–water partition coefficient (Wildman–Crippen LogP) is 3.27. The quantitative estimate of drug-likeness (QED) is 0.158. The minimum Gasteiger partial charge on any atom is -0.488 e. The molecule has 11 nitrogen and oxygen atoms in total. The van der Waals surface area contributed by atoms with Crippen molar-refractivity contribution in [1.82, 2.24) is 20.4 Å². The van der Waals surface area contributed by atoms with Gasteiger partial charge in [-0.05, 0) is 67.0 Å². The summed E-state index contributed by atoms with van der Waals surface area (Å²) in [7, 11) is 3.77. The maximum Gasteiger partial charge on any atom is 0.310 e. The summed E-state index contributed by atoms with van der Waals surface area (Å²) in [4.78, 5) is 48.1. The second kappa shape index (κ2) is 17.1. The lowest BCUT2D eigenvalue weighted by Crippen LogP contribution is -2.49. The Morgan fingerprint density at radius 3 is 2.67 bits per heavy atom. The zero-order valence-electron chi connectivity index (χ0n) is 29.2. The number of nitrogens with zero attached hydrogens (tertiary/aromatic N) is 4. The van der Waals surface area contributed by atoms with E-state index < -0.39 is 11.6 Å². The fourth-order valence-electron chi connectivity index (χ4n) is 6.66. The minimum atomic E-state index is -0.694. The number of halogens is 1. The molecule has 3 aromatic rings. The molecule has 13 heteroatoms. The Labute approximate surface area is 300 Å². The van der Waals surface area contributed by atoms with Gasteiger partial charge in [-0.25, -0.2) is 4.39 Å². The van der Waals surface area contributed by atoms with Crippen LogP contribution in [0.2, 0.25) is 6.04 Å². The molecule has 3 heterocycles. The highest BCUT2D eigenvalue weighted by molar-refractivity contribution is 6.46. The Bertz CT molecular complexity index is 1820. The van der Waals surface area contributed by atoms with Crippen molar-refractivity contribution in [3.05, 3.63) is 98.6 Å². The Kier molecular flexibility index (Phi) is 12.1. The van der Waals surface area contributed by atoms with E-state index in [2.05, 4.69) is 49.5 Å². The molecule has 0 unspecified atom stereocenters. The van der Waals surface area contributed by atoms with E-state index in [1.54, 1.807) is 37.4 Å². The largest absolute Gasteiger partial charge is 0.488 e. The number of imide groups is 1. The van der Waals surface area contributed by atoms with Gasteiger partial charge in [-0.15, -0.1) is 0 Å². The third-order valence-corrected chi connectivity index (χ3v) is 10.9. The van der Waals surface area contributed by atoms with Gasteiger partial charge in [0.05, 0.1) is 34.9 Å². The highest BCUT2D eigenvalue weighted by Gasteiger charge is 2.39. The summed E-state index contributed by atoms with van der Waals surface area (Å²) < 4.78 is 27.2. The second-order valence-corrected chi connectivity index (χ2v) is 14.3. The van der Waals surface area contributed by atoms with Gasteiger partial charge in [-0.1, -0.05) is 23.0 Å². The zero-order valence-corrected chi connectivity index (χ0v) is 30.2. The number of anilines is 1. The molecule has 3 aromatic carbocycles. The number of hydrogen-bond donors (Lipinski definition) is 2. The second-order valence-electron chi connectivity index (χ2n) is 12.9. The molecule has 0 aliphatic carbocycles.